The van der Waals surface area contributed by atoms with Crippen molar-refractivity contribution >= 4 is 39.1 Å². The Hall–Kier alpha value is -3.43. The van der Waals surface area contributed by atoms with Crippen molar-refractivity contribution < 1.29 is 22.4 Å². The maximum absolute atomic E-state index is 14.0. The van der Waals surface area contributed by atoms with Crippen LogP contribution in [0.5, 0.6) is 0 Å². The second-order valence-corrected chi connectivity index (χ2v) is 12.0. The number of hydrogen-bond donors (Lipinski definition) is 1. The van der Waals surface area contributed by atoms with Crippen LogP contribution in [-0.2, 0) is 26.2 Å². The van der Waals surface area contributed by atoms with Crippen molar-refractivity contribution in [2.75, 3.05) is 10.8 Å². The molecule has 0 aliphatic rings. The summed E-state index contributed by atoms with van der Waals surface area (Å²) in [5.41, 5.74) is 1.72. The van der Waals surface area contributed by atoms with E-state index in [1.807, 2.05) is 20.8 Å². The van der Waals surface area contributed by atoms with Crippen molar-refractivity contribution in [3.63, 3.8) is 0 Å². The van der Waals surface area contributed by atoms with Crippen molar-refractivity contribution in [1.29, 1.82) is 0 Å². The van der Waals surface area contributed by atoms with E-state index in [0.717, 1.165) is 27.6 Å². The highest BCUT2D eigenvalue weighted by Gasteiger charge is 2.34. The molecule has 0 spiro atoms. The number of amides is 2. The van der Waals surface area contributed by atoms with E-state index < -0.39 is 34.3 Å². The molecule has 2 atom stereocenters. The summed E-state index contributed by atoms with van der Waals surface area (Å²) in [5.74, 6) is -1.45. The monoisotopic (exact) mass is 587 g/mol. The SMILES string of the molecule is CC[C@@H](C)NC(=O)[C@H](CC)N(Cc1ccc(Cl)cc1)C(=O)CN(c1ccc(F)cc1)S(=O)(=O)c1ccc(C)cc1. The van der Waals surface area contributed by atoms with Crippen LogP contribution in [0.25, 0.3) is 0 Å². The summed E-state index contributed by atoms with van der Waals surface area (Å²) in [6.07, 6.45) is 1.02. The minimum absolute atomic E-state index is 0.0129. The standard InChI is InChI=1S/C30H35ClFN3O4S/c1-5-22(4)33-30(37)28(6-2)34(19-23-9-11-24(31)12-10-23)29(36)20-35(26-15-13-25(32)14-16-26)40(38,39)27-17-7-21(3)8-18-27/h7-18,22,28H,5-6,19-20H2,1-4H3,(H,33,37)/t22-,28+/m1/s1. The van der Waals surface area contributed by atoms with Crippen molar-refractivity contribution in [2.45, 2.75) is 64.1 Å². The summed E-state index contributed by atoms with van der Waals surface area (Å²) >= 11 is 6.05. The Labute approximate surface area is 241 Å². The highest BCUT2D eigenvalue weighted by atomic mass is 35.5. The topological polar surface area (TPSA) is 86.8 Å². The lowest BCUT2D eigenvalue weighted by molar-refractivity contribution is -0.140. The van der Waals surface area contributed by atoms with E-state index in [1.165, 1.54) is 29.2 Å². The average molecular weight is 588 g/mol. The number of nitrogens with one attached hydrogen (secondary N) is 1. The third-order valence-corrected chi connectivity index (χ3v) is 8.70. The molecule has 7 nitrogen and oxygen atoms in total. The molecule has 3 aromatic rings. The molecule has 0 saturated carbocycles. The van der Waals surface area contributed by atoms with Gasteiger partial charge >= 0.3 is 0 Å². The van der Waals surface area contributed by atoms with Crippen LogP contribution in [0.3, 0.4) is 0 Å². The molecule has 0 aromatic heterocycles. The van der Waals surface area contributed by atoms with Crippen LogP contribution in [-0.4, -0.2) is 43.8 Å². The molecule has 0 heterocycles. The van der Waals surface area contributed by atoms with Gasteiger partial charge in [-0.2, -0.15) is 0 Å². The number of nitrogens with zero attached hydrogens (tertiary/aromatic N) is 2. The molecule has 3 aromatic carbocycles. The molecule has 214 valence electrons. The first-order valence-corrected chi connectivity index (χ1v) is 15.0. The fourth-order valence-electron chi connectivity index (χ4n) is 4.12. The first kappa shape index (κ1) is 31.1. The quantitative estimate of drug-likeness (QED) is 0.294. The minimum atomic E-state index is -4.22. The van der Waals surface area contributed by atoms with E-state index in [1.54, 1.807) is 43.3 Å². The molecule has 0 aliphatic carbocycles. The van der Waals surface area contributed by atoms with Crippen LogP contribution in [0.1, 0.15) is 44.7 Å². The number of benzene rings is 3. The van der Waals surface area contributed by atoms with Crippen LogP contribution in [0.4, 0.5) is 10.1 Å². The van der Waals surface area contributed by atoms with E-state index in [-0.39, 0.29) is 29.1 Å². The molecular formula is C30H35ClFN3O4S. The molecule has 0 saturated heterocycles. The second-order valence-electron chi connectivity index (χ2n) is 9.69. The van der Waals surface area contributed by atoms with E-state index in [9.17, 15) is 22.4 Å². The van der Waals surface area contributed by atoms with Gasteiger partial charge in [-0.3, -0.25) is 13.9 Å². The van der Waals surface area contributed by atoms with Crippen LogP contribution in [0.15, 0.2) is 77.7 Å². The fourth-order valence-corrected chi connectivity index (χ4v) is 5.66. The number of aryl methyl sites for hydroxylation is 1. The van der Waals surface area contributed by atoms with Gasteiger partial charge in [-0.1, -0.05) is 55.3 Å². The summed E-state index contributed by atoms with van der Waals surface area (Å²) in [5, 5.41) is 3.46. The maximum Gasteiger partial charge on any atom is 0.264 e. The Bertz CT molecular complexity index is 1400. The number of carbonyl (C=O) groups is 2. The van der Waals surface area contributed by atoms with Crippen molar-refractivity contribution in [2.24, 2.45) is 0 Å². The summed E-state index contributed by atoms with van der Waals surface area (Å²) in [7, 11) is -4.22. The third-order valence-electron chi connectivity index (χ3n) is 6.66. The van der Waals surface area contributed by atoms with Gasteiger partial charge in [-0.15, -0.1) is 0 Å². The smallest absolute Gasteiger partial charge is 0.264 e. The first-order valence-electron chi connectivity index (χ1n) is 13.2. The number of hydrogen-bond acceptors (Lipinski definition) is 4. The zero-order chi connectivity index (χ0) is 29.4. The molecule has 2 amide bonds. The summed E-state index contributed by atoms with van der Waals surface area (Å²) in [6, 6.07) is 17.1. The van der Waals surface area contributed by atoms with Crippen LogP contribution < -0.4 is 9.62 Å². The normalized spacial score (nSPS) is 12.8. The zero-order valence-electron chi connectivity index (χ0n) is 23.1. The average Bonchev–Trinajstić information content (AvgIpc) is 2.93. The van der Waals surface area contributed by atoms with Crippen molar-refractivity contribution in [3.05, 3.63) is 94.8 Å². The van der Waals surface area contributed by atoms with Gasteiger partial charge in [0.1, 0.15) is 18.4 Å². The van der Waals surface area contributed by atoms with Gasteiger partial charge in [-0.25, -0.2) is 12.8 Å². The Kier molecular flexibility index (Phi) is 10.7. The third kappa shape index (κ3) is 7.82. The fraction of sp³-hybridized carbons (Fsp3) is 0.333. The van der Waals surface area contributed by atoms with Crippen LogP contribution in [0, 0.1) is 12.7 Å². The molecule has 10 heteroatoms. The molecule has 0 fully saturated rings. The molecule has 0 bridgehead atoms. The lowest BCUT2D eigenvalue weighted by atomic mass is 10.1. The second kappa shape index (κ2) is 13.8. The molecule has 1 N–H and O–H groups in total. The molecule has 0 radical (unpaired) electrons. The molecular weight excluding hydrogens is 553 g/mol. The molecule has 40 heavy (non-hydrogen) atoms. The molecule has 0 aliphatic heterocycles. The van der Waals surface area contributed by atoms with E-state index in [2.05, 4.69) is 5.32 Å². The summed E-state index contributed by atoms with van der Waals surface area (Å²) < 4.78 is 42.3. The number of sulfonamides is 1. The number of rotatable bonds is 12. The zero-order valence-corrected chi connectivity index (χ0v) is 24.7. The number of halogens is 2. The van der Waals surface area contributed by atoms with Crippen molar-refractivity contribution in [1.82, 2.24) is 10.2 Å². The van der Waals surface area contributed by atoms with Gasteiger partial charge in [0.2, 0.25) is 11.8 Å². The van der Waals surface area contributed by atoms with Gasteiger partial charge in [-0.05, 0) is 80.8 Å². The first-order chi connectivity index (χ1) is 19.0. The number of carbonyl (C=O) groups excluding carboxylic acids is 2. The van der Waals surface area contributed by atoms with Gasteiger partial charge in [0.05, 0.1) is 10.6 Å². The Morgan fingerprint density at radius 1 is 0.925 bits per heavy atom. The van der Waals surface area contributed by atoms with Crippen LogP contribution >= 0.6 is 11.6 Å². The lowest BCUT2D eigenvalue weighted by Gasteiger charge is -2.33. The predicted octanol–water partition coefficient (Wildman–Crippen LogP) is 5.70. The van der Waals surface area contributed by atoms with Gasteiger partial charge in [0, 0.05) is 17.6 Å². The molecule has 3 rings (SSSR count). The Balaban J connectivity index is 2.04. The largest absolute Gasteiger partial charge is 0.352 e. The van der Waals surface area contributed by atoms with Gasteiger partial charge in [0.15, 0.2) is 0 Å². The summed E-state index contributed by atoms with van der Waals surface area (Å²) in [6.45, 7) is 6.91. The maximum atomic E-state index is 14.0. The predicted molar refractivity (Wildman–Crippen MR) is 156 cm³/mol. The Morgan fingerprint density at radius 3 is 2.08 bits per heavy atom. The highest BCUT2D eigenvalue weighted by Crippen LogP contribution is 2.25. The van der Waals surface area contributed by atoms with Crippen molar-refractivity contribution in [3.8, 4) is 0 Å². The minimum Gasteiger partial charge on any atom is -0.352 e. The van der Waals surface area contributed by atoms with E-state index >= 15 is 0 Å². The molecule has 0 unspecified atom stereocenters. The van der Waals surface area contributed by atoms with Crippen LogP contribution in [0.2, 0.25) is 5.02 Å². The highest BCUT2D eigenvalue weighted by molar-refractivity contribution is 7.92. The van der Waals surface area contributed by atoms with E-state index in [0.29, 0.717) is 17.9 Å². The summed E-state index contributed by atoms with van der Waals surface area (Å²) in [4.78, 5) is 28.7. The van der Waals surface area contributed by atoms with Gasteiger partial charge in [0.25, 0.3) is 10.0 Å². The van der Waals surface area contributed by atoms with E-state index in [4.69, 9.17) is 11.6 Å². The Morgan fingerprint density at radius 2 is 1.52 bits per heavy atom. The van der Waals surface area contributed by atoms with Gasteiger partial charge < -0.3 is 10.2 Å². The lowest BCUT2D eigenvalue weighted by Crippen LogP contribution is -2.53. The number of anilines is 1.